The lowest BCUT2D eigenvalue weighted by Crippen LogP contribution is -2.51. The van der Waals surface area contributed by atoms with Gasteiger partial charge in [-0.1, -0.05) is 23.7 Å². The van der Waals surface area contributed by atoms with E-state index in [0.29, 0.717) is 31.3 Å². The molecule has 1 aromatic carbocycles. The second kappa shape index (κ2) is 7.64. The molecule has 1 N–H and O–H groups in total. The summed E-state index contributed by atoms with van der Waals surface area (Å²) in [5, 5.41) is 3.57. The summed E-state index contributed by atoms with van der Waals surface area (Å²) in [6.45, 7) is 4.15. The smallest absolute Gasteiger partial charge is 0.317 e. The van der Waals surface area contributed by atoms with Gasteiger partial charge in [0.2, 0.25) is 0 Å². The summed E-state index contributed by atoms with van der Waals surface area (Å²) in [5.74, 6) is 0. The third-order valence-electron chi connectivity index (χ3n) is 3.57. The van der Waals surface area contributed by atoms with E-state index in [-0.39, 0.29) is 18.2 Å². The molecule has 2 atom stereocenters. The highest BCUT2D eigenvalue weighted by molar-refractivity contribution is 6.30. The molecular formula is C15H21ClN2O3. The second-order valence-corrected chi connectivity index (χ2v) is 5.52. The monoisotopic (exact) mass is 312 g/mol. The topological polar surface area (TPSA) is 50.8 Å². The second-order valence-electron chi connectivity index (χ2n) is 5.08. The van der Waals surface area contributed by atoms with Crippen LogP contribution in [0.5, 0.6) is 0 Å². The molecule has 1 aliphatic rings. The van der Waals surface area contributed by atoms with E-state index in [1.165, 1.54) is 0 Å². The Bertz CT molecular complexity index is 484. The van der Waals surface area contributed by atoms with Crippen LogP contribution >= 0.6 is 11.6 Å². The fourth-order valence-electron chi connectivity index (χ4n) is 2.35. The number of hydrogen-bond acceptors (Lipinski definition) is 3. The van der Waals surface area contributed by atoms with Gasteiger partial charge < -0.3 is 19.7 Å². The number of ether oxygens (including phenoxy) is 2. The van der Waals surface area contributed by atoms with E-state index >= 15 is 0 Å². The number of amides is 2. The lowest BCUT2D eigenvalue weighted by atomic mass is 10.1. The maximum absolute atomic E-state index is 12.2. The molecule has 0 aromatic heterocycles. The predicted octanol–water partition coefficient (Wildman–Crippen LogP) is 2.46. The molecule has 0 radical (unpaired) electrons. The number of benzene rings is 1. The highest BCUT2D eigenvalue weighted by atomic mass is 35.5. The quantitative estimate of drug-likeness (QED) is 0.929. The molecule has 2 rings (SSSR count). The number of carbonyl (C=O) groups is 1. The van der Waals surface area contributed by atoms with Crippen molar-refractivity contribution in [3.8, 4) is 0 Å². The summed E-state index contributed by atoms with van der Waals surface area (Å²) in [7, 11) is 1.62. The Morgan fingerprint density at radius 2 is 2.43 bits per heavy atom. The number of nitrogens with zero attached hydrogens (tertiary/aromatic N) is 1. The number of carbonyl (C=O) groups excluding carboxylic acids is 1. The SMILES string of the molecule is CO[C@H](CNC(=O)N1CCOC[C@H]1C)c1cccc(Cl)c1. The maximum atomic E-state index is 12.2. The first-order valence-corrected chi connectivity index (χ1v) is 7.40. The van der Waals surface area contributed by atoms with Gasteiger partial charge in [0.25, 0.3) is 0 Å². The van der Waals surface area contributed by atoms with Gasteiger partial charge >= 0.3 is 6.03 Å². The lowest BCUT2D eigenvalue weighted by Gasteiger charge is -2.33. The Morgan fingerprint density at radius 1 is 1.62 bits per heavy atom. The summed E-state index contributed by atoms with van der Waals surface area (Å²) >= 11 is 5.98. The van der Waals surface area contributed by atoms with Crippen molar-refractivity contribution >= 4 is 17.6 Å². The Morgan fingerprint density at radius 3 is 3.10 bits per heavy atom. The minimum absolute atomic E-state index is 0.0881. The van der Waals surface area contributed by atoms with Crippen molar-refractivity contribution in [3.63, 3.8) is 0 Å². The van der Waals surface area contributed by atoms with Crippen LogP contribution in [0.4, 0.5) is 4.79 Å². The number of urea groups is 1. The van der Waals surface area contributed by atoms with Gasteiger partial charge in [-0.05, 0) is 24.6 Å². The molecule has 5 nitrogen and oxygen atoms in total. The van der Waals surface area contributed by atoms with E-state index in [4.69, 9.17) is 21.1 Å². The number of methoxy groups -OCH3 is 1. The van der Waals surface area contributed by atoms with Gasteiger partial charge in [-0.25, -0.2) is 4.79 Å². The first kappa shape index (κ1) is 16.1. The van der Waals surface area contributed by atoms with Crippen LogP contribution in [0.15, 0.2) is 24.3 Å². The van der Waals surface area contributed by atoms with Crippen molar-refractivity contribution in [2.45, 2.75) is 19.1 Å². The molecule has 0 spiro atoms. The molecule has 2 amide bonds. The maximum Gasteiger partial charge on any atom is 0.317 e. The zero-order chi connectivity index (χ0) is 15.2. The Hall–Kier alpha value is -1.30. The van der Waals surface area contributed by atoms with E-state index in [2.05, 4.69) is 5.32 Å². The van der Waals surface area contributed by atoms with Crippen LogP contribution in [0.2, 0.25) is 5.02 Å². The van der Waals surface area contributed by atoms with E-state index < -0.39 is 0 Å². The molecule has 1 aliphatic heterocycles. The van der Waals surface area contributed by atoms with Crippen molar-refractivity contribution in [1.82, 2.24) is 10.2 Å². The number of halogens is 1. The average Bonchev–Trinajstić information content (AvgIpc) is 2.48. The van der Waals surface area contributed by atoms with Gasteiger partial charge in [-0.2, -0.15) is 0 Å². The van der Waals surface area contributed by atoms with Gasteiger partial charge in [0.15, 0.2) is 0 Å². The molecule has 0 bridgehead atoms. The highest BCUT2D eigenvalue weighted by Gasteiger charge is 2.24. The molecule has 116 valence electrons. The third-order valence-corrected chi connectivity index (χ3v) is 3.81. The zero-order valence-corrected chi connectivity index (χ0v) is 13.1. The van der Waals surface area contributed by atoms with Crippen LogP contribution in [-0.4, -0.2) is 50.4 Å². The van der Waals surface area contributed by atoms with Gasteiger partial charge in [-0.3, -0.25) is 0 Å². The van der Waals surface area contributed by atoms with Crippen LogP contribution in [-0.2, 0) is 9.47 Å². The first-order valence-electron chi connectivity index (χ1n) is 7.02. The standard InChI is InChI=1S/C15H21ClN2O3/c1-11-10-21-7-6-18(11)15(19)17-9-14(20-2)12-4-3-5-13(16)8-12/h3-5,8,11,14H,6-7,9-10H2,1-2H3,(H,17,19)/t11-,14-/m1/s1. The normalized spacial score (nSPS) is 20.1. The highest BCUT2D eigenvalue weighted by Crippen LogP contribution is 2.20. The number of nitrogens with one attached hydrogen (secondary N) is 1. The Labute approximate surface area is 130 Å². The zero-order valence-electron chi connectivity index (χ0n) is 12.3. The van der Waals surface area contributed by atoms with E-state index in [1.807, 2.05) is 31.2 Å². The molecule has 21 heavy (non-hydrogen) atoms. The largest absolute Gasteiger partial charge is 0.377 e. The Balaban J connectivity index is 1.92. The van der Waals surface area contributed by atoms with Gasteiger partial charge in [0.1, 0.15) is 0 Å². The van der Waals surface area contributed by atoms with Crippen LogP contribution < -0.4 is 5.32 Å². The van der Waals surface area contributed by atoms with Crippen molar-refractivity contribution in [1.29, 1.82) is 0 Å². The van der Waals surface area contributed by atoms with E-state index in [9.17, 15) is 4.79 Å². The van der Waals surface area contributed by atoms with Crippen LogP contribution in [0.3, 0.4) is 0 Å². The minimum Gasteiger partial charge on any atom is -0.377 e. The fourth-order valence-corrected chi connectivity index (χ4v) is 2.55. The average molecular weight is 313 g/mol. The van der Waals surface area contributed by atoms with Gasteiger partial charge in [0.05, 0.1) is 25.4 Å². The number of morpholine rings is 1. The lowest BCUT2D eigenvalue weighted by molar-refractivity contribution is 0.0177. The summed E-state index contributed by atoms with van der Waals surface area (Å²) < 4.78 is 10.8. The molecule has 1 heterocycles. The van der Waals surface area contributed by atoms with Crippen molar-refractivity contribution in [2.75, 3.05) is 33.4 Å². The van der Waals surface area contributed by atoms with Gasteiger partial charge in [0, 0.05) is 25.2 Å². The molecule has 6 heteroatoms. The molecular weight excluding hydrogens is 292 g/mol. The Kier molecular flexibility index (Phi) is 5.85. The first-order chi connectivity index (χ1) is 10.1. The number of rotatable bonds is 4. The van der Waals surface area contributed by atoms with E-state index in [1.54, 1.807) is 12.0 Å². The molecule has 0 saturated carbocycles. The molecule has 0 unspecified atom stereocenters. The van der Waals surface area contributed by atoms with E-state index in [0.717, 1.165) is 5.56 Å². The summed E-state index contributed by atoms with van der Waals surface area (Å²) in [6, 6.07) is 7.46. The molecule has 1 fully saturated rings. The number of hydrogen-bond donors (Lipinski definition) is 1. The van der Waals surface area contributed by atoms with Crippen LogP contribution in [0, 0.1) is 0 Å². The minimum atomic E-state index is -0.219. The van der Waals surface area contributed by atoms with Crippen LogP contribution in [0.25, 0.3) is 0 Å². The predicted molar refractivity (Wildman–Crippen MR) is 81.6 cm³/mol. The van der Waals surface area contributed by atoms with Crippen molar-refractivity contribution < 1.29 is 14.3 Å². The summed E-state index contributed by atoms with van der Waals surface area (Å²) in [4.78, 5) is 14.0. The fraction of sp³-hybridized carbons (Fsp3) is 0.533. The van der Waals surface area contributed by atoms with Crippen LogP contribution in [0.1, 0.15) is 18.6 Å². The summed E-state index contributed by atoms with van der Waals surface area (Å²) in [6.07, 6.45) is -0.219. The van der Waals surface area contributed by atoms with Crippen molar-refractivity contribution in [3.05, 3.63) is 34.9 Å². The molecule has 1 saturated heterocycles. The third kappa shape index (κ3) is 4.33. The molecule has 1 aromatic rings. The van der Waals surface area contributed by atoms with Crippen molar-refractivity contribution in [2.24, 2.45) is 0 Å². The molecule has 0 aliphatic carbocycles. The van der Waals surface area contributed by atoms with Gasteiger partial charge in [-0.15, -0.1) is 0 Å². The summed E-state index contributed by atoms with van der Waals surface area (Å²) in [5.41, 5.74) is 0.945.